The van der Waals surface area contributed by atoms with Crippen LogP contribution in [0.5, 0.6) is 0 Å². The summed E-state index contributed by atoms with van der Waals surface area (Å²) in [7, 11) is 0. The predicted molar refractivity (Wildman–Crippen MR) is 140 cm³/mol. The van der Waals surface area contributed by atoms with E-state index in [0.717, 1.165) is 26.1 Å². The van der Waals surface area contributed by atoms with Crippen molar-refractivity contribution in [2.75, 3.05) is 64.2 Å². The summed E-state index contributed by atoms with van der Waals surface area (Å²) in [4.78, 5) is 2.37. The summed E-state index contributed by atoms with van der Waals surface area (Å²) in [5, 5.41) is 0. The Morgan fingerprint density at radius 3 is 2.03 bits per heavy atom. The number of ether oxygens (including phenoxy) is 4. The van der Waals surface area contributed by atoms with E-state index in [1.807, 2.05) is 6.07 Å². The van der Waals surface area contributed by atoms with Crippen LogP contribution in [0.1, 0.15) is 37.5 Å². The molecule has 0 saturated carbocycles. The molecule has 0 saturated heterocycles. The minimum Gasteiger partial charge on any atom is -0.379 e. The van der Waals surface area contributed by atoms with Crippen molar-refractivity contribution in [2.24, 2.45) is 0 Å². The van der Waals surface area contributed by atoms with Crippen molar-refractivity contribution in [3.05, 3.63) is 63.2 Å². The van der Waals surface area contributed by atoms with E-state index in [1.54, 1.807) is 0 Å². The summed E-state index contributed by atoms with van der Waals surface area (Å²) in [5.41, 5.74) is 3.71. The van der Waals surface area contributed by atoms with Crippen molar-refractivity contribution >= 4 is 28.3 Å². The minimum atomic E-state index is -0.0219. The molecule has 0 bridgehead atoms. The van der Waals surface area contributed by atoms with Gasteiger partial charge >= 0.3 is 0 Å². The van der Waals surface area contributed by atoms with Gasteiger partial charge in [0.05, 0.1) is 39.6 Å². The average Bonchev–Trinajstić information content (AvgIpc) is 2.82. The van der Waals surface area contributed by atoms with Crippen LogP contribution in [-0.4, -0.2) is 59.3 Å². The van der Waals surface area contributed by atoms with Crippen molar-refractivity contribution in [3.63, 3.8) is 0 Å². The molecule has 0 amide bonds. The lowest BCUT2D eigenvalue weighted by Gasteiger charge is -2.29. The Kier molecular flexibility index (Phi) is 13.9. The zero-order valence-corrected chi connectivity index (χ0v) is 21.9. The van der Waals surface area contributed by atoms with Crippen molar-refractivity contribution < 1.29 is 18.9 Å². The third-order valence-corrected chi connectivity index (χ3v) is 6.30. The fraction of sp³-hybridized carbons (Fsp3) is 0.538. The third kappa shape index (κ3) is 10.2. The summed E-state index contributed by atoms with van der Waals surface area (Å²) in [5.74, 6) is 0. The molecule has 0 aliphatic carbocycles. The van der Waals surface area contributed by atoms with E-state index < -0.39 is 0 Å². The molecule has 0 aromatic heterocycles. The maximum atomic E-state index is 6.28. The van der Waals surface area contributed by atoms with E-state index in [4.69, 9.17) is 18.9 Å². The van der Waals surface area contributed by atoms with Crippen molar-refractivity contribution in [1.29, 1.82) is 0 Å². The number of rotatable bonds is 17. The molecule has 0 spiro atoms. The molecule has 0 heterocycles. The van der Waals surface area contributed by atoms with Gasteiger partial charge < -0.3 is 23.8 Å². The Bertz CT molecular complexity index is 744. The van der Waals surface area contributed by atoms with E-state index >= 15 is 0 Å². The van der Waals surface area contributed by atoms with Gasteiger partial charge in [-0.05, 0) is 72.2 Å². The van der Waals surface area contributed by atoms with Crippen LogP contribution in [0.25, 0.3) is 0 Å². The molecular weight excluding hydrogens is 517 g/mol. The largest absolute Gasteiger partial charge is 0.379 e. The molecule has 2 aromatic carbocycles. The fourth-order valence-corrected chi connectivity index (χ4v) is 3.64. The molecule has 6 heteroatoms. The zero-order valence-electron chi connectivity index (χ0n) is 19.7. The second-order valence-corrected chi connectivity index (χ2v) is 8.74. The highest BCUT2D eigenvalue weighted by Gasteiger charge is 2.17. The Balaban J connectivity index is 1.80. The number of nitrogens with zero attached hydrogens (tertiary/aromatic N) is 1. The maximum absolute atomic E-state index is 6.28. The van der Waals surface area contributed by atoms with Gasteiger partial charge in [-0.3, -0.25) is 0 Å². The van der Waals surface area contributed by atoms with Crippen LogP contribution in [0.2, 0.25) is 0 Å². The van der Waals surface area contributed by atoms with Crippen LogP contribution in [-0.2, 0) is 18.9 Å². The van der Waals surface area contributed by atoms with Crippen molar-refractivity contribution in [1.82, 2.24) is 0 Å². The lowest BCUT2D eigenvalue weighted by molar-refractivity contribution is -0.0177. The molecule has 2 rings (SSSR count). The summed E-state index contributed by atoms with van der Waals surface area (Å²) in [6.45, 7) is 12.4. The summed E-state index contributed by atoms with van der Waals surface area (Å²) < 4.78 is 24.2. The molecule has 1 atom stereocenters. The summed E-state index contributed by atoms with van der Waals surface area (Å²) >= 11 is 2.38. The van der Waals surface area contributed by atoms with Crippen LogP contribution < -0.4 is 4.90 Å². The minimum absolute atomic E-state index is 0.0219. The van der Waals surface area contributed by atoms with E-state index in [-0.39, 0.29) is 6.10 Å². The highest BCUT2D eigenvalue weighted by molar-refractivity contribution is 14.1. The number of anilines is 1. The first-order valence-corrected chi connectivity index (χ1v) is 12.6. The van der Waals surface area contributed by atoms with Crippen molar-refractivity contribution in [3.8, 4) is 0 Å². The average molecular weight is 555 g/mol. The van der Waals surface area contributed by atoms with Crippen LogP contribution in [0.3, 0.4) is 0 Å². The highest BCUT2D eigenvalue weighted by atomic mass is 127. The second kappa shape index (κ2) is 16.4. The normalized spacial score (nSPS) is 12.1. The van der Waals surface area contributed by atoms with Gasteiger partial charge in [0, 0.05) is 29.0 Å². The molecule has 2 aromatic rings. The van der Waals surface area contributed by atoms with Crippen LogP contribution in [0.4, 0.5) is 5.69 Å². The van der Waals surface area contributed by atoms with Crippen LogP contribution in [0.15, 0.2) is 48.5 Å². The monoisotopic (exact) mass is 555 g/mol. The van der Waals surface area contributed by atoms with Gasteiger partial charge in [0.15, 0.2) is 0 Å². The Morgan fingerprint density at radius 1 is 0.812 bits per heavy atom. The first-order valence-electron chi connectivity index (χ1n) is 11.6. The highest BCUT2D eigenvalue weighted by Crippen LogP contribution is 2.25. The summed E-state index contributed by atoms with van der Waals surface area (Å²) in [6, 6.07) is 17.1. The molecule has 178 valence electrons. The van der Waals surface area contributed by atoms with Gasteiger partial charge in [-0.1, -0.05) is 37.3 Å². The summed E-state index contributed by atoms with van der Waals surface area (Å²) in [6.07, 6.45) is 1.01. The lowest BCUT2D eigenvalue weighted by Crippen LogP contribution is -2.30. The zero-order chi connectivity index (χ0) is 23.0. The van der Waals surface area contributed by atoms with Gasteiger partial charge in [0.25, 0.3) is 0 Å². The number of hydrogen-bond acceptors (Lipinski definition) is 5. The van der Waals surface area contributed by atoms with E-state index in [1.165, 1.54) is 20.4 Å². The van der Waals surface area contributed by atoms with Gasteiger partial charge in [0.2, 0.25) is 0 Å². The van der Waals surface area contributed by atoms with Crippen LogP contribution in [0, 0.1) is 10.5 Å². The molecule has 0 fully saturated rings. The SMILES string of the molecule is CCCOCCOCCOCCOC(CN(CC)c1ccc(I)c(C)c1)c1ccccc1. The smallest absolute Gasteiger partial charge is 0.100 e. The number of likely N-dealkylation sites (N-methyl/N-ethyl adjacent to an activating group) is 1. The van der Waals surface area contributed by atoms with Gasteiger partial charge in [0.1, 0.15) is 6.10 Å². The molecule has 0 radical (unpaired) electrons. The first kappa shape index (κ1) is 27.1. The molecule has 1 unspecified atom stereocenters. The Labute approximate surface area is 207 Å². The predicted octanol–water partition coefficient (Wildman–Crippen LogP) is 5.64. The second-order valence-electron chi connectivity index (χ2n) is 7.58. The lowest BCUT2D eigenvalue weighted by atomic mass is 10.1. The Morgan fingerprint density at radius 2 is 1.44 bits per heavy atom. The molecular formula is C26H38INO4. The number of hydrogen-bond donors (Lipinski definition) is 0. The maximum Gasteiger partial charge on any atom is 0.100 e. The number of halogens is 1. The standard InChI is InChI=1S/C26H38INO4/c1-4-13-29-14-15-30-16-17-31-18-19-32-26(23-9-7-6-8-10-23)21-28(5-2)24-11-12-25(27)22(3)20-24/h6-12,20,26H,4-5,13-19,21H2,1-3H3. The van der Waals surface area contributed by atoms with E-state index in [0.29, 0.717) is 39.6 Å². The van der Waals surface area contributed by atoms with Gasteiger partial charge in [-0.25, -0.2) is 0 Å². The topological polar surface area (TPSA) is 40.2 Å². The number of aryl methyl sites for hydroxylation is 1. The third-order valence-electron chi connectivity index (χ3n) is 5.09. The van der Waals surface area contributed by atoms with Crippen LogP contribution >= 0.6 is 22.6 Å². The van der Waals surface area contributed by atoms with E-state index in [9.17, 15) is 0 Å². The quantitative estimate of drug-likeness (QED) is 0.187. The van der Waals surface area contributed by atoms with Gasteiger partial charge in [-0.15, -0.1) is 0 Å². The fourth-order valence-electron chi connectivity index (χ4n) is 3.30. The molecule has 32 heavy (non-hydrogen) atoms. The molecule has 0 N–H and O–H groups in total. The van der Waals surface area contributed by atoms with Gasteiger partial charge in [-0.2, -0.15) is 0 Å². The van der Waals surface area contributed by atoms with E-state index in [2.05, 4.69) is 90.7 Å². The molecule has 5 nitrogen and oxygen atoms in total. The first-order chi connectivity index (χ1) is 15.7. The van der Waals surface area contributed by atoms with Crippen molar-refractivity contribution in [2.45, 2.75) is 33.3 Å². The molecule has 0 aliphatic heterocycles. The number of benzene rings is 2. The molecule has 0 aliphatic rings. The Hall–Kier alpha value is -1.19.